The van der Waals surface area contributed by atoms with Gasteiger partial charge in [-0.1, -0.05) is 48.5 Å². The molecule has 4 saturated carbocycles. The van der Waals surface area contributed by atoms with Crippen molar-refractivity contribution in [2.24, 2.45) is 57.2 Å². The molecule has 188 valence electrons. The molecule has 3 heteroatoms. The Morgan fingerprint density at radius 3 is 2.09 bits per heavy atom. The van der Waals surface area contributed by atoms with Gasteiger partial charge >= 0.3 is 0 Å². The van der Waals surface area contributed by atoms with Gasteiger partial charge in [0, 0.05) is 12.5 Å². The molecule has 0 aromatic carbocycles. The minimum Gasteiger partial charge on any atom is -0.393 e. The lowest BCUT2D eigenvalue weighted by atomic mass is 9.36. The Morgan fingerprint density at radius 1 is 0.758 bits per heavy atom. The molecule has 6 unspecified atom stereocenters. The number of fused-ring (bicyclic) bond motifs is 7. The first-order valence-corrected chi connectivity index (χ1v) is 14.5. The molecule has 1 spiro atoms. The van der Waals surface area contributed by atoms with Crippen molar-refractivity contribution in [3.05, 3.63) is 0 Å². The van der Waals surface area contributed by atoms with Crippen molar-refractivity contribution in [1.82, 2.24) is 5.32 Å². The van der Waals surface area contributed by atoms with Gasteiger partial charge < -0.3 is 9.84 Å². The third kappa shape index (κ3) is 2.80. The van der Waals surface area contributed by atoms with Gasteiger partial charge in [0.2, 0.25) is 0 Å². The molecule has 2 aliphatic heterocycles. The van der Waals surface area contributed by atoms with Crippen LogP contribution in [0.25, 0.3) is 0 Å². The van der Waals surface area contributed by atoms with E-state index in [0.29, 0.717) is 40.1 Å². The molecule has 0 radical (unpaired) electrons. The standard InChI is InChI=1S/C30H51NO2/c1-18-8-15-30(31-17-18)19(2)25-20(33-30)16-23-28(6)12-9-21-26(3,4)24(32)11-14-27(21,5)22(28)10-13-29(23,25)7/h18-25,31-32H,8-17H2,1-7H3/t18?,19-,20?,21?,22?,23?,24-,25?,27-,28+,29-,30-/m0/s1. The van der Waals surface area contributed by atoms with Crippen LogP contribution in [0.5, 0.6) is 0 Å². The first-order chi connectivity index (χ1) is 15.4. The van der Waals surface area contributed by atoms with E-state index in [0.717, 1.165) is 30.7 Å². The molecule has 2 heterocycles. The van der Waals surface area contributed by atoms with Crippen molar-refractivity contribution < 1.29 is 9.84 Å². The number of piperidine rings is 1. The highest BCUT2D eigenvalue weighted by molar-refractivity contribution is 5.20. The summed E-state index contributed by atoms with van der Waals surface area (Å²) in [6, 6.07) is 0. The highest BCUT2D eigenvalue weighted by Gasteiger charge is 2.72. The average molecular weight is 458 g/mol. The monoisotopic (exact) mass is 457 g/mol. The molecule has 3 nitrogen and oxygen atoms in total. The smallest absolute Gasteiger partial charge is 0.122 e. The SMILES string of the molecule is CC1CC[C@]2(NC1)OC1CC3[C@]4(C)CCC5C(C)(C)[C@@H](O)CC[C@]5(C)C4CC[C@]3(C)C1[C@@H]2C. The van der Waals surface area contributed by atoms with Crippen LogP contribution >= 0.6 is 0 Å². The molecule has 6 rings (SSSR count). The molecule has 2 saturated heterocycles. The third-order valence-corrected chi connectivity index (χ3v) is 13.7. The molecule has 0 bridgehead atoms. The summed E-state index contributed by atoms with van der Waals surface area (Å²) in [6.45, 7) is 18.8. The van der Waals surface area contributed by atoms with Gasteiger partial charge in [-0.2, -0.15) is 0 Å². The summed E-state index contributed by atoms with van der Waals surface area (Å²) in [6.07, 6.45) is 11.7. The number of ether oxygens (including phenoxy) is 1. The van der Waals surface area contributed by atoms with Crippen LogP contribution in [-0.2, 0) is 4.74 Å². The van der Waals surface area contributed by atoms with E-state index in [1.807, 2.05) is 0 Å². The summed E-state index contributed by atoms with van der Waals surface area (Å²) >= 11 is 0. The normalized spacial score (nSPS) is 61.8. The number of hydrogen-bond donors (Lipinski definition) is 2. The summed E-state index contributed by atoms with van der Waals surface area (Å²) in [5.74, 6) is 4.33. The minimum absolute atomic E-state index is 0.0507. The molecule has 6 aliphatic rings. The number of nitrogens with one attached hydrogen (secondary N) is 1. The lowest BCUT2D eigenvalue weighted by Gasteiger charge is -2.68. The van der Waals surface area contributed by atoms with Crippen LogP contribution in [0.3, 0.4) is 0 Å². The average Bonchev–Trinajstić information content (AvgIpc) is 3.19. The van der Waals surface area contributed by atoms with Crippen molar-refractivity contribution in [3.63, 3.8) is 0 Å². The van der Waals surface area contributed by atoms with Gasteiger partial charge in [0.05, 0.1) is 12.2 Å². The van der Waals surface area contributed by atoms with E-state index < -0.39 is 0 Å². The van der Waals surface area contributed by atoms with E-state index in [-0.39, 0.29) is 17.2 Å². The minimum atomic E-state index is -0.129. The van der Waals surface area contributed by atoms with Crippen molar-refractivity contribution in [2.75, 3.05) is 6.54 Å². The molecule has 2 N–H and O–H groups in total. The highest BCUT2D eigenvalue weighted by Crippen LogP contribution is 2.76. The van der Waals surface area contributed by atoms with E-state index in [1.54, 1.807) is 0 Å². The Hall–Kier alpha value is -0.120. The van der Waals surface area contributed by atoms with E-state index in [4.69, 9.17) is 4.74 Å². The lowest BCUT2D eigenvalue weighted by molar-refractivity contribution is -0.214. The molecule has 0 aromatic rings. The quantitative estimate of drug-likeness (QED) is 0.443. The van der Waals surface area contributed by atoms with E-state index in [1.165, 1.54) is 51.4 Å². The zero-order valence-electron chi connectivity index (χ0n) is 22.5. The number of aliphatic hydroxyl groups excluding tert-OH is 1. The maximum atomic E-state index is 10.9. The molecule has 0 aromatic heterocycles. The summed E-state index contributed by atoms with van der Waals surface area (Å²) in [5, 5.41) is 14.8. The number of aliphatic hydroxyl groups is 1. The summed E-state index contributed by atoms with van der Waals surface area (Å²) < 4.78 is 7.09. The summed E-state index contributed by atoms with van der Waals surface area (Å²) in [4.78, 5) is 0. The van der Waals surface area contributed by atoms with E-state index >= 15 is 0 Å². The second kappa shape index (κ2) is 7.00. The van der Waals surface area contributed by atoms with Crippen molar-refractivity contribution >= 4 is 0 Å². The Balaban J connectivity index is 1.31. The van der Waals surface area contributed by atoms with Crippen LogP contribution in [0, 0.1) is 57.2 Å². The first-order valence-electron chi connectivity index (χ1n) is 14.5. The van der Waals surface area contributed by atoms with Crippen molar-refractivity contribution in [1.29, 1.82) is 0 Å². The largest absolute Gasteiger partial charge is 0.393 e. The molecule has 4 aliphatic carbocycles. The fourth-order valence-corrected chi connectivity index (χ4v) is 11.9. The second-order valence-corrected chi connectivity index (χ2v) is 15.2. The van der Waals surface area contributed by atoms with Gasteiger partial charge in [0.1, 0.15) is 5.72 Å². The first kappa shape index (κ1) is 23.3. The van der Waals surface area contributed by atoms with Crippen molar-refractivity contribution in [3.8, 4) is 0 Å². The van der Waals surface area contributed by atoms with E-state index in [2.05, 4.69) is 53.8 Å². The van der Waals surface area contributed by atoms with Crippen LogP contribution in [-0.4, -0.2) is 29.6 Å². The van der Waals surface area contributed by atoms with Crippen LogP contribution in [0.1, 0.15) is 106 Å². The predicted molar refractivity (Wildman–Crippen MR) is 134 cm³/mol. The van der Waals surface area contributed by atoms with Gasteiger partial charge in [-0.3, -0.25) is 5.32 Å². The van der Waals surface area contributed by atoms with Crippen molar-refractivity contribution in [2.45, 2.75) is 124 Å². The van der Waals surface area contributed by atoms with Crippen LogP contribution in [0.4, 0.5) is 0 Å². The van der Waals surface area contributed by atoms with E-state index in [9.17, 15) is 5.11 Å². The third-order valence-electron chi connectivity index (χ3n) is 13.7. The van der Waals surface area contributed by atoms with Gasteiger partial charge in [-0.25, -0.2) is 0 Å². The van der Waals surface area contributed by atoms with Gasteiger partial charge in [0.15, 0.2) is 0 Å². The topological polar surface area (TPSA) is 41.5 Å². The maximum absolute atomic E-state index is 10.9. The van der Waals surface area contributed by atoms with Crippen LogP contribution in [0.15, 0.2) is 0 Å². The molecule has 33 heavy (non-hydrogen) atoms. The molecular formula is C30H51NO2. The molecular weight excluding hydrogens is 406 g/mol. The number of rotatable bonds is 0. The molecule has 12 atom stereocenters. The van der Waals surface area contributed by atoms with Gasteiger partial charge in [-0.15, -0.1) is 0 Å². The zero-order valence-corrected chi connectivity index (χ0v) is 22.5. The second-order valence-electron chi connectivity index (χ2n) is 15.2. The van der Waals surface area contributed by atoms with Crippen LogP contribution in [0.2, 0.25) is 0 Å². The Bertz CT molecular complexity index is 801. The molecule has 0 amide bonds. The summed E-state index contributed by atoms with van der Waals surface area (Å²) in [7, 11) is 0. The fourth-order valence-electron chi connectivity index (χ4n) is 11.9. The maximum Gasteiger partial charge on any atom is 0.122 e. The number of hydrogen-bond acceptors (Lipinski definition) is 3. The van der Waals surface area contributed by atoms with Crippen LogP contribution < -0.4 is 5.32 Å². The highest BCUT2D eigenvalue weighted by atomic mass is 16.5. The Kier molecular flexibility index (Phi) is 4.94. The summed E-state index contributed by atoms with van der Waals surface area (Å²) in [5.41, 5.74) is 1.21. The predicted octanol–water partition coefficient (Wildman–Crippen LogP) is 6.39. The molecule has 6 fully saturated rings. The van der Waals surface area contributed by atoms with Gasteiger partial charge in [0.25, 0.3) is 0 Å². The van der Waals surface area contributed by atoms with Gasteiger partial charge in [-0.05, 0) is 109 Å². The fraction of sp³-hybridized carbons (Fsp3) is 1.00. The zero-order chi connectivity index (χ0) is 23.6. The Labute approximate surface area is 203 Å². The lowest BCUT2D eigenvalue weighted by Crippen LogP contribution is -2.63. The Morgan fingerprint density at radius 2 is 1.39 bits per heavy atom.